The van der Waals surface area contributed by atoms with Crippen molar-refractivity contribution >= 4 is 36.9 Å². The van der Waals surface area contributed by atoms with Crippen LogP contribution in [0, 0.1) is 6.92 Å². The van der Waals surface area contributed by atoms with Crippen LogP contribution in [0.15, 0.2) is 18.2 Å². The second-order valence-electron chi connectivity index (χ2n) is 5.04. The van der Waals surface area contributed by atoms with Crippen LogP contribution in [0.4, 0.5) is 5.69 Å². The summed E-state index contributed by atoms with van der Waals surface area (Å²) in [7, 11) is -2.53. The summed E-state index contributed by atoms with van der Waals surface area (Å²) in [5.74, 6) is 1.07. The molecule has 4 nitrogen and oxygen atoms in total. The molecule has 120 valence electrons. The number of nitrogens with two attached hydrogens (primary N) is 1. The van der Waals surface area contributed by atoms with E-state index in [2.05, 4.69) is 11.0 Å². The first kappa shape index (κ1) is 18.8. The Bertz CT molecular complexity index is 468. The first-order valence-electron chi connectivity index (χ1n) is 6.91. The average molecular weight is 353 g/mol. The van der Waals surface area contributed by atoms with Gasteiger partial charge in [0.1, 0.15) is 0 Å². The zero-order chi connectivity index (χ0) is 15.8. The Morgan fingerprint density at radius 3 is 2.48 bits per heavy atom. The van der Waals surface area contributed by atoms with Crippen molar-refractivity contribution in [3.63, 3.8) is 0 Å². The third kappa shape index (κ3) is 6.58. The lowest BCUT2D eigenvalue weighted by atomic mass is 10.0. The van der Waals surface area contributed by atoms with Gasteiger partial charge in [0.25, 0.3) is 0 Å². The number of rotatable bonds is 9. The maximum Gasteiger partial charge on any atom is 0.190 e. The van der Waals surface area contributed by atoms with Gasteiger partial charge in [-0.1, -0.05) is 6.07 Å². The van der Waals surface area contributed by atoms with E-state index in [1.54, 1.807) is 0 Å². The van der Waals surface area contributed by atoms with Crippen molar-refractivity contribution in [3.05, 3.63) is 29.3 Å². The van der Waals surface area contributed by atoms with Crippen molar-refractivity contribution in [1.29, 1.82) is 0 Å². The lowest BCUT2D eigenvalue weighted by Crippen LogP contribution is -2.28. The van der Waals surface area contributed by atoms with E-state index < -0.39 is 8.03 Å². The summed E-state index contributed by atoms with van der Waals surface area (Å²) in [6, 6.07) is 5.85. The highest BCUT2D eigenvalue weighted by molar-refractivity contribution is 7.38. The van der Waals surface area contributed by atoms with Crippen LogP contribution >= 0.6 is 31.2 Å². The van der Waals surface area contributed by atoms with E-state index in [0.717, 1.165) is 29.9 Å². The normalized spacial score (nSPS) is 14.0. The Kier molecular flexibility index (Phi) is 8.69. The van der Waals surface area contributed by atoms with Crippen molar-refractivity contribution in [2.75, 3.05) is 35.9 Å². The largest absolute Gasteiger partial charge is 0.369 e. The van der Waals surface area contributed by atoms with Crippen molar-refractivity contribution in [3.8, 4) is 0 Å². The summed E-state index contributed by atoms with van der Waals surface area (Å²) in [4.78, 5) is 11.1. The molecule has 0 aliphatic heterocycles. The molecule has 2 unspecified atom stereocenters. The molecule has 21 heavy (non-hydrogen) atoms. The van der Waals surface area contributed by atoms with Crippen LogP contribution < -0.4 is 10.6 Å². The molecule has 0 spiro atoms. The molecular weight excluding hydrogens is 330 g/mol. The first-order chi connectivity index (χ1) is 9.97. The minimum atomic E-state index is -2.53. The number of hydrogen-bond acceptors (Lipinski definition) is 3. The second kappa shape index (κ2) is 9.70. The third-order valence-electron chi connectivity index (χ3n) is 3.33. The van der Waals surface area contributed by atoms with Gasteiger partial charge in [0.15, 0.2) is 8.03 Å². The molecule has 0 amide bonds. The van der Waals surface area contributed by atoms with Gasteiger partial charge in [0.05, 0.1) is 0 Å². The molecule has 1 aromatic rings. The number of anilines is 1. The lowest BCUT2D eigenvalue weighted by molar-refractivity contribution is 0.496. The van der Waals surface area contributed by atoms with E-state index in [9.17, 15) is 4.57 Å². The van der Waals surface area contributed by atoms with Crippen LogP contribution in [0.1, 0.15) is 11.1 Å². The number of nitrogens with zero attached hydrogens (tertiary/aromatic N) is 1. The van der Waals surface area contributed by atoms with E-state index in [-0.39, 0.29) is 12.2 Å². The number of aryl methyl sites for hydroxylation is 1. The fraction of sp³-hybridized carbons (Fsp3) is 0.571. The Labute approximate surface area is 137 Å². The number of benzene rings is 1. The van der Waals surface area contributed by atoms with E-state index in [0.29, 0.717) is 18.2 Å². The second-order valence-corrected chi connectivity index (χ2v) is 6.99. The molecule has 0 aliphatic rings. The Morgan fingerprint density at radius 2 is 1.95 bits per heavy atom. The molecule has 3 N–H and O–H groups in total. The molecule has 1 rings (SSSR count). The molecule has 0 fully saturated rings. The van der Waals surface area contributed by atoms with Gasteiger partial charge in [-0.2, -0.15) is 0 Å². The Morgan fingerprint density at radius 1 is 1.33 bits per heavy atom. The van der Waals surface area contributed by atoms with Gasteiger partial charge >= 0.3 is 0 Å². The van der Waals surface area contributed by atoms with Crippen LogP contribution in [0.25, 0.3) is 0 Å². The van der Waals surface area contributed by atoms with Crippen LogP contribution in [0.2, 0.25) is 0 Å². The van der Waals surface area contributed by atoms with Gasteiger partial charge in [-0.3, -0.25) is 4.57 Å². The van der Waals surface area contributed by atoms with Gasteiger partial charge in [-0.15, -0.1) is 23.2 Å². The molecule has 2 atom stereocenters. The average Bonchev–Trinajstić information content (AvgIpc) is 2.40. The van der Waals surface area contributed by atoms with Gasteiger partial charge in [-0.05, 0) is 36.6 Å². The van der Waals surface area contributed by atoms with Crippen LogP contribution in [0.5, 0.6) is 0 Å². The summed E-state index contributed by atoms with van der Waals surface area (Å²) in [6.45, 7) is 3.47. The van der Waals surface area contributed by atoms with Gasteiger partial charge in [0.2, 0.25) is 0 Å². The SMILES string of the molecule is Cc1ccc(N(CCCl)CCCl)cc1CC(N)C[PH](=O)O. The number of halogens is 2. The minimum absolute atomic E-state index is 0.154. The molecule has 0 saturated carbocycles. The molecule has 0 saturated heterocycles. The zero-order valence-corrected chi connectivity index (χ0v) is 14.7. The fourth-order valence-corrected chi connectivity index (χ4v) is 3.23. The maximum atomic E-state index is 10.9. The minimum Gasteiger partial charge on any atom is -0.369 e. The van der Waals surface area contributed by atoms with Gasteiger partial charge in [-0.25, -0.2) is 0 Å². The lowest BCUT2D eigenvalue weighted by Gasteiger charge is -2.24. The van der Waals surface area contributed by atoms with Crippen LogP contribution in [-0.2, 0) is 11.0 Å². The molecule has 1 aromatic carbocycles. The quantitative estimate of drug-likeness (QED) is 0.529. The highest BCUT2D eigenvalue weighted by Gasteiger charge is 2.12. The monoisotopic (exact) mass is 352 g/mol. The fourth-order valence-electron chi connectivity index (χ4n) is 2.23. The molecule has 0 aliphatic carbocycles. The van der Waals surface area contributed by atoms with Crippen molar-refractivity contribution in [2.24, 2.45) is 5.73 Å². The molecule has 0 aromatic heterocycles. The highest BCUT2D eigenvalue weighted by atomic mass is 35.5. The summed E-state index contributed by atoms with van der Waals surface area (Å²) >= 11 is 11.7. The van der Waals surface area contributed by atoms with Gasteiger partial charge < -0.3 is 15.5 Å². The molecule has 0 radical (unpaired) electrons. The number of alkyl halides is 2. The standard InChI is InChI=1S/C14H23Cl2N2O2P/c1-11-2-3-14(18(6-4-15)7-5-16)9-12(11)8-13(17)10-21(19)20/h2-3,9,13,21H,4-8,10,17H2,1H3,(H,19,20). The van der Waals surface area contributed by atoms with Crippen molar-refractivity contribution < 1.29 is 9.46 Å². The summed E-state index contributed by atoms with van der Waals surface area (Å²) in [5.41, 5.74) is 9.21. The summed E-state index contributed by atoms with van der Waals surface area (Å²) in [6.07, 6.45) is 0.744. The van der Waals surface area contributed by atoms with E-state index in [4.69, 9.17) is 33.8 Å². The first-order valence-corrected chi connectivity index (χ1v) is 9.54. The van der Waals surface area contributed by atoms with E-state index in [1.165, 1.54) is 0 Å². The molecular formula is C14H23Cl2N2O2P. The van der Waals surface area contributed by atoms with Gasteiger partial charge in [0, 0.05) is 42.7 Å². The van der Waals surface area contributed by atoms with Crippen molar-refractivity contribution in [1.82, 2.24) is 0 Å². The number of hydrogen-bond donors (Lipinski definition) is 2. The zero-order valence-electron chi connectivity index (χ0n) is 12.2. The third-order valence-corrected chi connectivity index (χ3v) is 4.54. The van der Waals surface area contributed by atoms with E-state index in [1.807, 2.05) is 19.1 Å². The predicted octanol–water partition coefficient (Wildman–Crippen LogP) is 2.62. The van der Waals surface area contributed by atoms with Crippen LogP contribution in [0.3, 0.4) is 0 Å². The maximum absolute atomic E-state index is 10.9. The Balaban J connectivity index is 2.89. The summed E-state index contributed by atoms with van der Waals surface area (Å²) < 4.78 is 10.9. The molecule has 0 bridgehead atoms. The summed E-state index contributed by atoms with van der Waals surface area (Å²) in [5, 5.41) is 0. The molecule has 0 heterocycles. The topological polar surface area (TPSA) is 66.6 Å². The smallest absolute Gasteiger partial charge is 0.190 e. The predicted molar refractivity (Wildman–Crippen MR) is 92.6 cm³/mol. The highest BCUT2D eigenvalue weighted by Crippen LogP contribution is 2.22. The van der Waals surface area contributed by atoms with Crippen molar-refractivity contribution in [2.45, 2.75) is 19.4 Å². The van der Waals surface area contributed by atoms with Crippen LogP contribution in [-0.4, -0.2) is 41.9 Å². The Hall–Kier alpha value is -0.250. The van der Waals surface area contributed by atoms with E-state index >= 15 is 0 Å². The molecule has 7 heteroatoms.